The van der Waals surface area contributed by atoms with Crippen LogP contribution in [0.1, 0.15) is 17.7 Å². The summed E-state index contributed by atoms with van der Waals surface area (Å²) in [5, 5.41) is 18.9. The number of nitrogens with zero attached hydrogens (tertiary/aromatic N) is 2. The van der Waals surface area contributed by atoms with E-state index in [-0.39, 0.29) is 24.6 Å². The third kappa shape index (κ3) is 5.70. The predicted octanol–water partition coefficient (Wildman–Crippen LogP) is 4.12. The number of aryl methyl sites for hydroxylation is 1. The Morgan fingerprint density at radius 3 is 2.81 bits per heavy atom. The number of hydrogen-bond donors (Lipinski definition) is 3. The number of urea groups is 1. The van der Waals surface area contributed by atoms with Gasteiger partial charge in [0.05, 0.1) is 0 Å². The number of amides is 2. The van der Waals surface area contributed by atoms with Crippen molar-refractivity contribution < 1.29 is 9.90 Å². The van der Waals surface area contributed by atoms with E-state index in [4.69, 9.17) is 0 Å². The summed E-state index contributed by atoms with van der Waals surface area (Å²) in [6.45, 7) is 4.52. The second-order valence-electron chi connectivity index (χ2n) is 8.03. The summed E-state index contributed by atoms with van der Waals surface area (Å²) in [7, 11) is 0. The molecule has 2 atom stereocenters. The maximum atomic E-state index is 12.6. The van der Waals surface area contributed by atoms with Gasteiger partial charge in [-0.25, -0.2) is 9.78 Å². The molecule has 31 heavy (non-hydrogen) atoms. The van der Waals surface area contributed by atoms with Gasteiger partial charge in [0.15, 0.2) is 0 Å². The monoisotopic (exact) mass is 436 g/mol. The minimum absolute atomic E-state index is 0.00726. The van der Waals surface area contributed by atoms with E-state index in [1.807, 2.05) is 54.8 Å². The topological polar surface area (TPSA) is 77.5 Å². The number of aliphatic hydroxyl groups excluding tert-OH is 1. The summed E-state index contributed by atoms with van der Waals surface area (Å²) in [5.41, 5.74) is 3.96. The van der Waals surface area contributed by atoms with Crippen molar-refractivity contribution in [1.82, 2.24) is 15.2 Å². The van der Waals surface area contributed by atoms with Gasteiger partial charge in [-0.3, -0.25) is 4.90 Å². The molecule has 0 spiro atoms. The molecule has 1 aromatic heterocycles. The number of aromatic nitrogens is 1. The Morgan fingerprint density at radius 1 is 1.23 bits per heavy atom. The van der Waals surface area contributed by atoms with E-state index in [0.29, 0.717) is 0 Å². The molecule has 2 amide bonds. The summed E-state index contributed by atoms with van der Waals surface area (Å²) in [4.78, 5) is 19.5. The molecule has 1 fully saturated rings. The normalized spacial score (nSPS) is 19.2. The number of benzene rings is 2. The zero-order valence-electron chi connectivity index (χ0n) is 17.6. The van der Waals surface area contributed by atoms with E-state index in [2.05, 4.69) is 32.7 Å². The van der Waals surface area contributed by atoms with Gasteiger partial charge in [0, 0.05) is 60.5 Å². The van der Waals surface area contributed by atoms with Crippen LogP contribution in [-0.4, -0.2) is 46.8 Å². The average Bonchev–Trinajstić information content (AvgIpc) is 3.22. The van der Waals surface area contributed by atoms with Crippen molar-refractivity contribution in [1.29, 1.82) is 0 Å². The summed E-state index contributed by atoms with van der Waals surface area (Å²) >= 11 is 1.59. The van der Waals surface area contributed by atoms with E-state index >= 15 is 0 Å². The van der Waals surface area contributed by atoms with Gasteiger partial charge in [-0.15, -0.1) is 11.3 Å². The smallest absolute Gasteiger partial charge is 0.319 e. The van der Waals surface area contributed by atoms with E-state index in [1.54, 1.807) is 11.3 Å². The maximum absolute atomic E-state index is 12.6. The molecule has 162 valence electrons. The first-order chi connectivity index (χ1) is 15.1. The third-order valence-corrected chi connectivity index (χ3v) is 6.61. The van der Waals surface area contributed by atoms with Crippen LogP contribution in [-0.2, 0) is 6.54 Å². The fourth-order valence-corrected chi connectivity index (χ4v) is 4.81. The minimum atomic E-state index is -0.243. The van der Waals surface area contributed by atoms with Crippen LogP contribution in [0.2, 0.25) is 0 Å². The number of nitrogens with one attached hydrogen (secondary N) is 2. The lowest BCUT2D eigenvalue weighted by Crippen LogP contribution is -2.52. The molecule has 0 radical (unpaired) electrons. The van der Waals surface area contributed by atoms with Crippen LogP contribution in [0.5, 0.6) is 0 Å². The number of carbonyl (C=O) groups is 1. The van der Waals surface area contributed by atoms with Gasteiger partial charge < -0.3 is 15.7 Å². The summed E-state index contributed by atoms with van der Waals surface area (Å²) in [5.74, 6) is 0.00726. The van der Waals surface area contributed by atoms with Crippen LogP contribution < -0.4 is 10.6 Å². The van der Waals surface area contributed by atoms with E-state index < -0.39 is 0 Å². The van der Waals surface area contributed by atoms with Crippen molar-refractivity contribution in [2.75, 3.05) is 25.0 Å². The Hall–Kier alpha value is -2.74. The molecule has 3 N–H and O–H groups in total. The van der Waals surface area contributed by atoms with Gasteiger partial charge in [0.2, 0.25) is 0 Å². The van der Waals surface area contributed by atoms with Gasteiger partial charge in [-0.2, -0.15) is 0 Å². The lowest BCUT2D eigenvalue weighted by molar-refractivity contribution is 0.0895. The van der Waals surface area contributed by atoms with Crippen molar-refractivity contribution >= 4 is 23.1 Å². The standard InChI is InChI=1S/C24H28N4O2S/c1-17-16-31-23(25-17)19-8-5-9-21(12-19)26-24(30)27-22-10-11-28(14-20(22)15-29)13-18-6-3-2-4-7-18/h2-9,12,16,20,22,29H,10-11,13-15H2,1H3,(H2,26,27,30)/t20-,22+/m0/s1. The van der Waals surface area contributed by atoms with E-state index in [1.165, 1.54) is 5.56 Å². The molecule has 2 heterocycles. The third-order valence-electron chi connectivity index (χ3n) is 5.60. The fourth-order valence-electron chi connectivity index (χ4n) is 4.02. The molecule has 1 aliphatic rings. The molecule has 7 heteroatoms. The summed E-state index contributed by atoms with van der Waals surface area (Å²) in [6, 6.07) is 17.8. The first-order valence-electron chi connectivity index (χ1n) is 10.6. The van der Waals surface area contributed by atoms with Crippen LogP contribution >= 0.6 is 11.3 Å². The molecule has 0 saturated carbocycles. The molecule has 0 unspecified atom stereocenters. The molecule has 4 rings (SSSR count). The maximum Gasteiger partial charge on any atom is 0.319 e. The van der Waals surface area contributed by atoms with Gasteiger partial charge in [0.1, 0.15) is 5.01 Å². The lowest BCUT2D eigenvalue weighted by Gasteiger charge is -2.38. The van der Waals surface area contributed by atoms with Gasteiger partial charge in [0.25, 0.3) is 0 Å². The number of likely N-dealkylation sites (tertiary alicyclic amines) is 1. The molecule has 0 bridgehead atoms. The van der Waals surface area contributed by atoms with Gasteiger partial charge in [-0.1, -0.05) is 42.5 Å². The van der Waals surface area contributed by atoms with Gasteiger partial charge >= 0.3 is 6.03 Å². The first-order valence-corrected chi connectivity index (χ1v) is 11.5. The SMILES string of the molecule is Cc1csc(-c2cccc(NC(=O)N[C@@H]3CCN(Cc4ccccc4)C[C@H]3CO)c2)n1. The number of hydrogen-bond acceptors (Lipinski definition) is 5. The first kappa shape index (κ1) is 21.5. The van der Waals surface area contributed by atoms with Crippen LogP contribution in [0.3, 0.4) is 0 Å². The van der Waals surface area contributed by atoms with Crippen molar-refractivity contribution in [2.24, 2.45) is 5.92 Å². The molecule has 6 nitrogen and oxygen atoms in total. The predicted molar refractivity (Wildman–Crippen MR) is 125 cm³/mol. The molecule has 3 aromatic rings. The second kappa shape index (κ2) is 10.0. The van der Waals surface area contributed by atoms with Crippen molar-refractivity contribution in [3.63, 3.8) is 0 Å². The zero-order chi connectivity index (χ0) is 21.6. The summed E-state index contributed by atoms with van der Waals surface area (Å²) in [6.07, 6.45) is 0.809. The highest BCUT2D eigenvalue weighted by atomic mass is 32.1. The highest BCUT2D eigenvalue weighted by molar-refractivity contribution is 7.13. The van der Waals surface area contributed by atoms with Crippen LogP contribution in [0.15, 0.2) is 60.0 Å². The average molecular weight is 437 g/mol. The summed E-state index contributed by atoms with van der Waals surface area (Å²) < 4.78 is 0. The molecule has 1 aliphatic heterocycles. The van der Waals surface area contributed by atoms with E-state index in [9.17, 15) is 9.90 Å². The lowest BCUT2D eigenvalue weighted by atomic mass is 9.92. The number of aliphatic hydroxyl groups is 1. The number of anilines is 1. The largest absolute Gasteiger partial charge is 0.396 e. The Labute approximate surface area is 186 Å². The van der Waals surface area contributed by atoms with Crippen LogP contribution in [0.4, 0.5) is 10.5 Å². The zero-order valence-corrected chi connectivity index (χ0v) is 18.4. The Balaban J connectivity index is 1.33. The van der Waals surface area contributed by atoms with Gasteiger partial charge in [-0.05, 0) is 31.0 Å². The van der Waals surface area contributed by atoms with E-state index in [0.717, 1.165) is 48.0 Å². The highest BCUT2D eigenvalue weighted by Crippen LogP contribution is 2.26. The highest BCUT2D eigenvalue weighted by Gasteiger charge is 2.30. The van der Waals surface area contributed by atoms with Crippen molar-refractivity contribution in [3.8, 4) is 10.6 Å². The minimum Gasteiger partial charge on any atom is -0.396 e. The Morgan fingerprint density at radius 2 is 2.06 bits per heavy atom. The Kier molecular flexibility index (Phi) is 6.96. The number of thiazole rings is 1. The van der Waals surface area contributed by atoms with Crippen LogP contribution in [0, 0.1) is 12.8 Å². The van der Waals surface area contributed by atoms with Crippen molar-refractivity contribution in [3.05, 3.63) is 71.2 Å². The molecule has 2 aromatic carbocycles. The number of piperidine rings is 1. The fraction of sp³-hybridized carbons (Fsp3) is 0.333. The molecule has 1 saturated heterocycles. The quantitative estimate of drug-likeness (QED) is 0.543. The Bertz CT molecular complexity index is 1010. The second-order valence-corrected chi connectivity index (χ2v) is 8.89. The number of carbonyl (C=O) groups excluding carboxylic acids is 1. The molecular weight excluding hydrogens is 408 g/mol. The van der Waals surface area contributed by atoms with Crippen molar-refractivity contribution in [2.45, 2.75) is 25.9 Å². The molecule has 0 aliphatic carbocycles. The number of rotatable bonds is 6. The molecular formula is C24H28N4O2S. The van der Waals surface area contributed by atoms with Crippen LogP contribution in [0.25, 0.3) is 10.6 Å².